The van der Waals surface area contributed by atoms with E-state index in [1.807, 2.05) is 11.0 Å². The molecule has 4 rings (SSSR count). The highest BCUT2D eigenvalue weighted by Gasteiger charge is 2.24. The summed E-state index contributed by atoms with van der Waals surface area (Å²) in [7, 11) is 0. The molecule has 28 heavy (non-hydrogen) atoms. The molecule has 0 spiro atoms. The molecule has 0 bridgehead atoms. The molecule has 2 N–H and O–H groups in total. The molecule has 3 heterocycles. The molecule has 1 aromatic carbocycles. The molecular weight excluding hydrogens is 360 g/mol. The van der Waals surface area contributed by atoms with Gasteiger partial charge in [-0.3, -0.25) is 9.48 Å². The van der Waals surface area contributed by atoms with Crippen molar-refractivity contribution in [3.8, 4) is 11.4 Å². The number of nitrogens with one attached hydrogen (secondary N) is 1. The van der Waals surface area contributed by atoms with Gasteiger partial charge in [0.1, 0.15) is 18.5 Å². The highest BCUT2D eigenvalue weighted by atomic mass is 16.4. The maximum atomic E-state index is 12.5. The Hall–Kier alpha value is -3.49. The molecule has 0 aliphatic carbocycles. The lowest BCUT2D eigenvalue weighted by molar-refractivity contribution is -0.132. The molecule has 9 heteroatoms. The number of imidazole rings is 1. The third-order valence-corrected chi connectivity index (χ3v) is 4.81. The van der Waals surface area contributed by atoms with E-state index in [1.165, 1.54) is 6.33 Å². The molecule has 1 aliphatic heterocycles. The topological polar surface area (TPSA) is 117 Å². The molecular formula is C19H20N6O3. The van der Waals surface area contributed by atoms with Crippen LogP contribution in [0.25, 0.3) is 11.4 Å². The first kappa shape index (κ1) is 17.9. The Labute approximate surface area is 161 Å². The van der Waals surface area contributed by atoms with Crippen molar-refractivity contribution >= 4 is 11.9 Å². The minimum atomic E-state index is -0.971. The Balaban J connectivity index is 1.41. The Morgan fingerprint density at radius 1 is 1.29 bits per heavy atom. The molecule has 0 unspecified atom stereocenters. The van der Waals surface area contributed by atoms with Crippen LogP contribution in [0.5, 0.6) is 0 Å². The maximum absolute atomic E-state index is 12.5. The lowest BCUT2D eigenvalue weighted by Crippen LogP contribution is -2.36. The number of benzene rings is 1. The van der Waals surface area contributed by atoms with Gasteiger partial charge in [-0.15, -0.1) is 0 Å². The third kappa shape index (κ3) is 3.78. The summed E-state index contributed by atoms with van der Waals surface area (Å²) in [5.74, 6) is -0.232. The van der Waals surface area contributed by atoms with E-state index in [4.69, 9.17) is 5.11 Å². The van der Waals surface area contributed by atoms with Crippen LogP contribution in [0.4, 0.5) is 0 Å². The number of rotatable bonds is 6. The van der Waals surface area contributed by atoms with Crippen LogP contribution in [0.3, 0.4) is 0 Å². The van der Waals surface area contributed by atoms with E-state index in [0.717, 1.165) is 17.0 Å². The van der Waals surface area contributed by atoms with Crippen molar-refractivity contribution in [3.63, 3.8) is 0 Å². The minimum absolute atomic E-state index is 0.106. The largest absolute Gasteiger partial charge is 0.478 e. The van der Waals surface area contributed by atoms with E-state index in [1.54, 1.807) is 29.2 Å². The summed E-state index contributed by atoms with van der Waals surface area (Å²) in [5.41, 5.74) is 2.78. The van der Waals surface area contributed by atoms with Crippen molar-refractivity contribution in [1.29, 1.82) is 0 Å². The van der Waals surface area contributed by atoms with Gasteiger partial charge < -0.3 is 15.0 Å². The summed E-state index contributed by atoms with van der Waals surface area (Å²) >= 11 is 0. The first-order valence-electron chi connectivity index (χ1n) is 9.12. The molecule has 0 fully saturated rings. The van der Waals surface area contributed by atoms with Gasteiger partial charge in [-0.1, -0.05) is 12.1 Å². The van der Waals surface area contributed by atoms with Crippen molar-refractivity contribution in [2.45, 2.75) is 32.4 Å². The van der Waals surface area contributed by atoms with E-state index < -0.39 is 5.97 Å². The molecule has 3 aromatic rings. The van der Waals surface area contributed by atoms with Gasteiger partial charge in [0.25, 0.3) is 0 Å². The van der Waals surface area contributed by atoms with E-state index in [2.05, 4.69) is 20.1 Å². The zero-order chi connectivity index (χ0) is 19.5. The van der Waals surface area contributed by atoms with Crippen LogP contribution in [0.15, 0.2) is 36.9 Å². The molecule has 1 amide bonds. The number of hydrogen-bond donors (Lipinski definition) is 2. The first-order chi connectivity index (χ1) is 13.6. The second-order valence-corrected chi connectivity index (χ2v) is 6.72. The number of aryl methyl sites for hydroxylation is 1. The summed E-state index contributed by atoms with van der Waals surface area (Å²) < 4.78 is 1.72. The van der Waals surface area contributed by atoms with Gasteiger partial charge in [-0.2, -0.15) is 5.10 Å². The number of carboxylic acids is 1. The Morgan fingerprint density at radius 3 is 2.96 bits per heavy atom. The second kappa shape index (κ2) is 7.63. The number of H-pyrrole nitrogens is 1. The standard InChI is InChI=1S/C19H20N6O3/c26-17(5-2-7-25-12-20-11-21-25)24-8-6-15-16(10-24)23-18(22-15)13-3-1-4-14(9-13)19(27)28/h1,3-4,9,11-12H,2,5-8,10H2,(H,22,23)(H,27,28). The maximum Gasteiger partial charge on any atom is 0.335 e. The normalized spacial score (nSPS) is 13.4. The predicted molar refractivity (Wildman–Crippen MR) is 99.4 cm³/mol. The van der Waals surface area contributed by atoms with Gasteiger partial charge in [0.2, 0.25) is 5.91 Å². The molecule has 0 radical (unpaired) electrons. The lowest BCUT2D eigenvalue weighted by Gasteiger charge is -2.26. The van der Waals surface area contributed by atoms with Crippen molar-refractivity contribution in [2.24, 2.45) is 0 Å². The fraction of sp³-hybridized carbons (Fsp3) is 0.316. The minimum Gasteiger partial charge on any atom is -0.478 e. The quantitative estimate of drug-likeness (QED) is 0.673. The first-order valence-corrected chi connectivity index (χ1v) is 9.12. The highest BCUT2D eigenvalue weighted by Crippen LogP contribution is 2.24. The van der Waals surface area contributed by atoms with Gasteiger partial charge in [0, 0.05) is 31.5 Å². The number of aromatic nitrogens is 5. The van der Waals surface area contributed by atoms with Crippen LogP contribution in [0, 0.1) is 0 Å². The number of carbonyl (C=O) groups is 2. The van der Waals surface area contributed by atoms with Crippen LogP contribution in [0.2, 0.25) is 0 Å². The molecule has 0 saturated carbocycles. The number of carbonyl (C=O) groups excluding carboxylic acids is 1. The Morgan fingerprint density at radius 2 is 2.18 bits per heavy atom. The summed E-state index contributed by atoms with van der Waals surface area (Å²) in [4.78, 5) is 37.3. The van der Waals surface area contributed by atoms with Gasteiger partial charge in [0.05, 0.1) is 23.5 Å². The van der Waals surface area contributed by atoms with Gasteiger partial charge in [-0.25, -0.2) is 14.8 Å². The average Bonchev–Trinajstić information content (AvgIpc) is 3.37. The lowest BCUT2D eigenvalue weighted by atomic mass is 10.1. The SMILES string of the molecule is O=C(O)c1cccc(-c2nc3c([nH]2)CN(C(=O)CCCn2cncn2)CC3)c1. The van der Waals surface area contributed by atoms with Gasteiger partial charge in [-0.05, 0) is 18.6 Å². The number of aromatic amines is 1. The van der Waals surface area contributed by atoms with Crippen LogP contribution in [0.1, 0.15) is 34.6 Å². The van der Waals surface area contributed by atoms with E-state index in [9.17, 15) is 9.59 Å². The van der Waals surface area contributed by atoms with Crippen LogP contribution < -0.4 is 0 Å². The summed E-state index contributed by atoms with van der Waals surface area (Å²) in [6, 6.07) is 6.67. The zero-order valence-electron chi connectivity index (χ0n) is 15.2. The van der Waals surface area contributed by atoms with Gasteiger partial charge in [0.15, 0.2) is 0 Å². The number of nitrogens with zero attached hydrogens (tertiary/aromatic N) is 5. The van der Waals surface area contributed by atoms with E-state index in [-0.39, 0.29) is 11.5 Å². The van der Waals surface area contributed by atoms with Crippen molar-refractivity contribution in [2.75, 3.05) is 6.54 Å². The van der Waals surface area contributed by atoms with Crippen molar-refractivity contribution in [3.05, 3.63) is 53.9 Å². The average molecular weight is 380 g/mol. The second-order valence-electron chi connectivity index (χ2n) is 6.72. The zero-order valence-corrected chi connectivity index (χ0v) is 15.2. The van der Waals surface area contributed by atoms with Gasteiger partial charge >= 0.3 is 5.97 Å². The Kier molecular flexibility index (Phi) is 4.88. The van der Waals surface area contributed by atoms with Crippen molar-refractivity contribution in [1.82, 2.24) is 29.6 Å². The van der Waals surface area contributed by atoms with E-state index >= 15 is 0 Å². The molecule has 144 valence electrons. The number of fused-ring (bicyclic) bond motifs is 1. The fourth-order valence-electron chi connectivity index (χ4n) is 3.34. The number of aromatic carboxylic acids is 1. The smallest absolute Gasteiger partial charge is 0.335 e. The van der Waals surface area contributed by atoms with Crippen LogP contribution in [-0.2, 0) is 24.3 Å². The summed E-state index contributed by atoms with van der Waals surface area (Å²) in [6.07, 6.45) is 4.97. The summed E-state index contributed by atoms with van der Waals surface area (Å²) in [5, 5.41) is 13.2. The number of amides is 1. The van der Waals surface area contributed by atoms with Crippen molar-refractivity contribution < 1.29 is 14.7 Å². The summed E-state index contributed by atoms with van der Waals surface area (Å²) in [6.45, 7) is 1.79. The highest BCUT2D eigenvalue weighted by molar-refractivity contribution is 5.89. The molecule has 9 nitrogen and oxygen atoms in total. The number of carboxylic acid groups (broad SMARTS) is 1. The van der Waals surface area contributed by atoms with E-state index in [0.29, 0.717) is 44.7 Å². The molecule has 1 aliphatic rings. The third-order valence-electron chi connectivity index (χ3n) is 4.81. The molecule has 2 aromatic heterocycles. The monoisotopic (exact) mass is 380 g/mol. The van der Waals surface area contributed by atoms with Crippen LogP contribution >= 0.6 is 0 Å². The fourth-order valence-corrected chi connectivity index (χ4v) is 3.34. The predicted octanol–water partition coefficient (Wildman–Crippen LogP) is 1.73. The van der Waals surface area contributed by atoms with Crippen LogP contribution in [-0.4, -0.2) is 53.2 Å². The number of hydrogen-bond acceptors (Lipinski definition) is 5. The Bertz CT molecular complexity index is 995. The molecule has 0 saturated heterocycles. The molecule has 0 atom stereocenters.